The van der Waals surface area contributed by atoms with Crippen LogP contribution in [0.2, 0.25) is 0 Å². The Hall–Kier alpha value is -1.32. The van der Waals surface area contributed by atoms with Crippen LogP contribution in [0.1, 0.15) is 39.5 Å². The third-order valence-electron chi connectivity index (χ3n) is 3.09. The molecular weight excluding hydrogens is 208 g/mol. The van der Waals surface area contributed by atoms with Gasteiger partial charge < -0.3 is 10.2 Å². The third kappa shape index (κ3) is 2.62. The van der Waals surface area contributed by atoms with Crippen LogP contribution in [0.15, 0.2) is 11.1 Å². The molecule has 0 spiro atoms. The lowest BCUT2D eigenvalue weighted by molar-refractivity contribution is -0.136. The van der Waals surface area contributed by atoms with E-state index in [1.165, 1.54) is 0 Å². The van der Waals surface area contributed by atoms with Gasteiger partial charge in [0.25, 0.3) is 0 Å². The lowest BCUT2D eigenvalue weighted by Gasteiger charge is -2.16. The van der Waals surface area contributed by atoms with E-state index >= 15 is 0 Å². The van der Waals surface area contributed by atoms with Crippen LogP contribution in [0.5, 0.6) is 0 Å². The van der Waals surface area contributed by atoms with Crippen molar-refractivity contribution in [3.05, 3.63) is 11.1 Å². The number of carbonyl (C=O) groups is 2. The Bertz CT molecular complexity index is 322. The van der Waals surface area contributed by atoms with Gasteiger partial charge in [-0.15, -0.1) is 0 Å². The van der Waals surface area contributed by atoms with Crippen LogP contribution in [-0.4, -0.2) is 22.2 Å². The van der Waals surface area contributed by atoms with E-state index in [1.54, 1.807) is 13.8 Å². The van der Waals surface area contributed by atoms with Crippen molar-refractivity contribution in [2.45, 2.75) is 39.5 Å². The number of carboxylic acid groups (broad SMARTS) is 2. The molecule has 0 aromatic carbocycles. The van der Waals surface area contributed by atoms with E-state index in [9.17, 15) is 14.7 Å². The summed E-state index contributed by atoms with van der Waals surface area (Å²) < 4.78 is 0. The lowest BCUT2D eigenvalue weighted by atomic mass is 9.88. The first-order valence-corrected chi connectivity index (χ1v) is 5.65. The minimum atomic E-state index is -1.10. The first-order valence-electron chi connectivity index (χ1n) is 5.65. The topological polar surface area (TPSA) is 74.6 Å². The third-order valence-corrected chi connectivity index (χ3v) is 3.09. The molecule has 4 nitrogen and oxygen atoms in total. The van der Waals surface area contributed by atoms with Crippen molar-refractivity contribution in [1.82, 2.24) is 0 Å². The van der Waals surface area contributed by atoms with Gasteiger partial charge in [-0.2, -0.15) is 0 Å². The summed E-state index contributed by atoms with van der Waals surface area (Å²) in [6.07, 6.45) is 3.58. The van der Waals surface area contributed by atoms with Gasteiger partial charge in [-0.1, -0.05) is 26.7 Å². The van der Waals surface area contributed by atoms with Gasteiger partial charge in [0, 0.05) is 0 Å². The highest BCUT2D eigenvalue weighted by Crippen LogP contribution is 2.34. The average Bonchev–Trinajstić information content (AvgIpc) is 2.64. The second kappa shape index (κ2) is 5.14. The molecule has 0 aliphatic heterocycles. The zero-order valence-electron chi connectivity index (χ0n) is 9.69. The maximum absolute atomic E-state index is 11.2. The van der Waals surface area contributed by atoms with Crippen molar-refractivity contribution >= 4 is 11.9 Å². The molecule has 2 N–H and O–H groups in total. The normalized spacial score (nSPS) is 18.7. The standard InChI is InChI=1S/C12H18O4/c1-7(2)9(11(13)14)10(12(15)16)8-5-3-4-6-8/h7-8H,3-6H2,1-2H3,(H,13,14)(H,15,16)/b10-9-. The van der Waals surface area contributed by atoms with Crippen molar-refractivity contribution < 1.29 is 19.8 Å². The Kier molecular flexibility index (Phi) is 4.10. The molecule has 0 amide bonds. The maximum Gasteiger partial charge on any atom is 0.332 e. The molecule has 0 aromatic heterocycles. The highest BCUT2D eigenvalue weighted by molar-refractivity contribution is 5.99. The van der Waals surface area contributed by atoms with Gasteiger partial charge in [-0.3, -0.25) is 0 Å². The Labute approximate surface area is 95.0 Å². The van der Waals surface area contributed by atoms with Crippen LogP contribution in [0.25, 0.3) is 0 Å². The van der Waals surface area contributed by atoms with Crippen LogP contribution in [-0.2, 0) is 9.59 Å². The number of hydrogen-bond acceptors (Lipinski definition) is 2. The number of carboxylic acids is 2. The molecule has 1 rings (SSSR count). The molecule has 16 heavy (non-hydrogen) atoms. The van der Waals surface area contributed by atoms with Crippen molar-refractivity contribution in [1.29, 1.82) is 0 Å². The number of rotatable bonds is 4. The lowest BCUT2D eigenvalue weighted by Crippen LogP contribution is -2.20. The highest BCUT2D eigenvalue weighted by Gasteiger charge is 2.31. The SMILES string of the molecule is CC(C)/C(C(=O)O)=C(/C(=O)O)C1CCCC1. The largest absolute Gasteiger partial charge is 0.478 e. The predicted molar refractivity (Wildman–Crippen MR) is 59.1 cm³/mol. The van der Waals surface area contributed by atoms with E-state index in [-0.39, 0.29) is 23.0 Å². The summed E-state index contributed by atoms with van der Waals surface area (Å²) in [5.41, 5.74) is 0.194. The van der Waals surface area contributed by atoms with Gasteiger partial charge in [0.15, 0.2) is 0 Å². The molecule has 0 radical (unpaired) electrons. The molecule has 0 saturated heterocycles. The minimum Gasteiger partial charge on any atom is -0.478 e. The Morgan fingerprint density at radius 2 is 1.56 bits per heavy atom. The van der Waals surface area contributed by atoms with Gasteiger partial charge in [0.2, 0.25) is 0 Å². The van der Waals surface area contributed by atoms with E-state index in [1.807, 2.05) is 0 Å². The fourth-order valence-corrected chi connectivity index (χ4v) is 2.40. The molecule has 1 aliphatic carbocycles. The van der Waals surface area contributed by atoms with Crippen molar-refractivity contribution in [2.24, 2.45) is 11.8 Å². The predicted octanol–water partition coefficient (Wildman–Crippen LogP) is 2.30. The van der Waals surface area contributed by atoms with Gasteiger partial charge in [0.1, 0.15) is 0 Å². The fraction of sp³-hybridized carbons (Fsp3) is 0.667. The van der Waals surface area contributed by atoms with E-state index in [4.69, 9.17) is 5.11 Å². The number of hydrogen-bond donors (Lipinski definition) is 2. The van der Waals surface area contributed by atoms with Crippen LogP contribution in [0.3, 0.4) is 0 Å². The zero-order chi connectivity index (χ0) is 12.3. The Morgan fingerprint density at radius 3 is 1.88 bits per heavy atom. The molecular formula is C12H18O4. The Morgan fingerprint density at radius 1 is 1.06 bits per heavy atom. The summed E-state index contributed by atoms with van der Waals surface area (Å²) >= 11 is 0. The van der Waals surface area contributed by atoms with E-state index in [0.717, 1.165) is 25.7 Å². The Balaban J connectivity index is 3.18. The number of aliphatic carboxylic acids is 2. The van der Waals surface area contributed by atoms with E-state index in [0.29, 0.717) is 0 Å². The van der Waals surface area contributed by atoms with Gasteiger partial charge in [-0.05, 0) is 24.7 Å². The minimum absolute atomic E-state index is 0.0689. The molecule has 4 heteroatoms. The molecule has 1 fully saturated rings. The monoisotopic (exact) mass is 226 g/mol. The van der Waals surface area contributed by atoms with Crippen molar-refractivity contribution in [2.75, 3.05) is 0 Å². The van der Waals surface area contributed by atoms with Crippen LogP contribution < -0.4 is 0 Å². The van der Waals surface area contributed by atoms with Crippen LogP contribution in [0.4, 0.5) is 0 Å². The first-order chi connectivity index (χ1) is 7.45. The van der Waals surface area contributed by atoms with Crippen molar-refractivity contribution in [3.8, 4) is 0 Å². The highest BCUT2D eigenvalue weighted by atomic mass is 16.4. The van der Waals surface area contributed by atoms with E-state index < -0.39 is 11.9 Å². The fourth-order valence-electron chi connectivity index (χ4n) is 2.40. The summed E-state index contributed by atoms with van der Waals surface area (Å²) in [5, 5.41) is 18.3. The molecule has 0 aromatic rings. The molecule has 90 valence electrons. The second-order valence-electron chi connectivity index (χ2n) is 4.57. The zero-order valence-corrected chi connectivity index (χ0v) is 9.69. The quantitative estimate of drug-likeness (QED) is 0.721. The van der Waals surface area contributed by atoms with Gasteiger partial charge in [0.05, 0.1) is 11.1 Å². The van der Waals surface area contributed by atoms with Gasteiger partial charge >= 0.3 is 11.9 Å². The summed E-state index contributed by atoms with van der Waals surface area (Å²) in [6, 6.07) is 0. The second-order valence-corrected chi connectivity index (χ2v) is 4.57. The summed E-state index contributed by atoms with van der Waals surface area (Å²) in [7, 11) is 0. The van der Waals surface area contributed by atoms with Crippen molar-refractivity contribution in [3.63, 3.8) is 0 Å². The molecule has 0 bridgehead atoms. The summed E-state index contributed by atoms with van der Waals surface area (Å²) in [6.45, 7) is 3.45. The molecule has 0 heterocycles. The van der Waals surface area contributed by atoms with Crippen LogP contribution in [0, 0.1) is 11.8 Å². The molecule has 1 saturated carbocycles. The molecule has 0 atom stereocenters. The van der Waals surface area contributed by atoms with Crippen LogP contribution >= 0.6 is 0 Å². The molecule has 0 unspecified atom stereocenters. The first kappa shape index (κ1) is 12.7. The maximum atomic E-state index is 11.2. The summed E-state index contributed by atoms with van der Waals surface area (Å²) in [5.74, 6) is -2.51. The van der Waals surface area contributed by atoms with E-state index in [2.05, 4.69) is 0 Å². The summed E-state index contributed by atoms with van der Waals surface area (Å²) in [4.78, 5) is 22.3. The van der Waals surface area contributed by atoms with Gasteiger partial charge in [-0.25, -0.2) is 9.59 Å². The molecule has 1 aliphatic rings. The average molecular weight is 226 g/mol. The smallest absolute Gasteiger partial charge is 0.332 e.